The Bertz CT molecular complexity index is 1140. The molecule has 0 atom stereocenters. The van der Waals surface area contributed by atoms with Crippen molar-refractivity contribution in [3.63, 3.8) is 0 Å². The molecule has 1 amide bonds. The fourth-order valence-electron chi connectivity index (χ4n) is 3.63. The molecule has 0 aliphatic heterocycles. The van der Waals surface area contributed by atoms with Gasteiger partial charge in [-0.1, -0.05) is 6.07 Å². The van der Waals surface area contributed by atoms with Crippen LogP contribution in [0.3, 0.4) is 0 Å². The number of pyridine rings is 1. The lowest BCUT2D eigenvalue weighted by Crippen LogP contribution is -2.49. The van der Waals surface area contributed by atoms with Gasteiger partial charge in [0.05, 0.1) is 20.8 Å². The van der Waals surface area contributed by atoms with Gasteiger partial charge in [-0.3, -0.25) is 4.79 Å². The number of anilines is 1. The fourth-order valence-corrected chi connectivity index (χ4v) is 5.40. The second-order valence-corrected chi connectivity index (χ2v) is 10.9. The summed E-state index contributed by atoms with van der Waals surface area (Å²) in [5, 5.41) is 2.40. The van der Waals surface area contributed by atoms with Crippen molar-refractivity contribution in [1.29, 1.82) is 0 Å². The van der Waals surface area contributed by atoms with E-state index in [1.54, 1.807) is 0 Å². The summed E-state index contributed by atoms with van der Waals surface area (Å²) in [7, 11) is -4.16. The maximum atomic E-state index is 13.1. The van der Waals surface area contributed by atoms with Crippen molar-refractivity contribution in [3.05, 3.63) is 53.7 Å². The van der Waals surface area contributed by atoms with Crippen molar-refractivity contribution in [1.82, 2.24) is 4.98 Å². The van der Waals surface area contributed by atoms with Crippen LogP contribution in [0.4, 0.5) is 32.2 Å². The zero-order valence-corrected chi connectivity index (χ0v) is 18.3. The highest BCUT2D eigenvalue weighted by molar-refractivity contribution is 7.92. The van der Waals surface area contributed by atoms with Gasteiger partial charge >= 0.3 is 12.4 Å². The first-order valence-corrected chi connectivity index (χ1v) is 11.3. The van der Waals surface area contributed by atoms with Crippen molar-refractivity contribution < 1.29 is 39.6 Å². The monoisotopic (exact) mass is 494 g/mol. The molecule has 180 valence electrons. The van der Waals surface area contributed by atoms with Crippen LogP contribution in [0.15, 0.2) is 47.5 Å². The van der Waals surface area contributed by atoms with Crippen molar-refractivity contribution in [3.8, 4) is 0 Å². The predicted molar refractivity (Wildman–Crippen MR) is 107 cm³/mol. The molecule has 1 aliphatic rings. The zero-order valence-electron chi connectivity index (χ0n) is 17.5. The van der Waals surface area contributed by atoms with Crippen molar-refractivity contribution in [2.75, 3.05) is 5.32 Å². The molecule has 1 aliphatic carbocycles. The van der Waals surface area contributed by atoms with E-state index in [9.17, 15) is 39.6 Å². The Balaban J connectivity index is 1.67. The Morgan fingerprint density at radius 2 is 1.58 bits per heavy atom. The number of alkyl halides is 6. The summed E-state index contributed by atoms with van der Waals surface area (Å²) in [6.07, 6.45) is -8.37. The molecule has 33 heavy (non-hydrogen) atoms. The highest BCUT2D eigenvalue weighted by atomic mass is 32.2. The number of benzene rings is 1. The highest BCUT2D eigenvalue weighted by Crippen LogP contribution is 2.47. The van der Waals surface area contributed by atoms with Crippen LogP contribution in [0.25, 0.3) is 0 Å². The molecule has 0 spiro atoms. The second kappa shape index (κ2) is 8.30. The van der Waals surface area contributed by atoms with Crippen molar-refractivity contribution >= 4 is 21.6 Å². The van der Waals surface area contributed by atoms with Gasteiger partial charge in [-0.15, -0.1) is 0 Å². The van der Waals surface area contributed by atoms with E-state index in [4.69, 9.17) is 0 Å². The molecule has 1 aromatic heterocycles. The van der Waals surface area contributed by atoms with Gasteiger partial charge in [0.25, 0.3) is 0 Å². The summed E-state index contributed by atoms with van der Waals surface area (Å²) in [5.41, 5.74) is -2.04. The average Bonchev–Trinajstić information content (AvgIpc) is 2.65. The standard InChI is InChI=1S/C21H20F6N2O3S/c1-19(2,33(31,32)16-5-3-4-13(10-16)20(22,23)24)15-8-12(9-15)18(30)29-17-7-6-14(11-28-17)21(25,26)27/h3-7,10-12,15H,8-9H2,1-2H3,(H,28,29,30)/t12-,15+. The maximum absolute atomic E-state index is 13.1. The summed E-state index contributed by atoms with van der Waals surface area (Å²) in [6, 6.07) is 5.29. The molecule has 0 unspecified atom stereocenters. The molecule has 2 aromatic rings. The first-order chi connectivity index (χ1) is 15.0. The summed E-state index contributed by atoms with van der Waals surface area (Å²) < 4.78 is 101. The first kappa shape index (κ1) is 25.0. The van der Waals surface area contributed by atoms with E-state index in [2.05, 4.69) is 10.3 Å². The molecular formula is C21H20F6N2O3S. The van der Waals surface area contributed by atoms with Crippen LogP contribution in [-0.2, 0) is 27.0 Å². The molecule has 0 bridgehead atoms. The number of aromatic nitrogens is 1. The van der Waals surface area contributed by atoms with Crippen LogP contribution in [-0.4, -0.2) is 24.1 Å². The van der Waals surface area contributed by atoms with Crippen molar-refractivity contribution in [2.45, 2.75) is 48.7 Å². The molecule has 0 saturated heterocycles. The molecule has 3 rings (SSSR count). The molecule has 1 N–H and O–H groups in total. The van der Waals surface area contributed by atoms with Crippen molar-refractivity contribution in [2.24, 2.45) is 11.8 Å². The van der Waals surface area contributed by atoms with Crippen LogP contribution < -0.4 is 5.32 Å². The SMILES string of the molecule is CC(C)([C@H]1C[C@@H](C(=O)Nc2ccc(C(F)(F)F)cn2)C1)S(=O)(=O)c1cccc(C(F)(F)F)c1. The van der Waals surface area contributed by atoms with Gasteiger partial charge < -0.3 is 5.32 Å². The number of hydrogen-bond donors (Lipinski definition) is 1. The minimum atomic E-state index is -4.69. The Kier molecular flexibility index (Phi) is 6.29. The van der Waals surface area contributed by atoms with Gasteiger partial charge in [-0.2, -0.15) is 26.3 Å². The van der Waals surface area contributed by atoms with E-state index in [0.29, 0.717) is 12.3 Å². The molecule has 0 radical (unpaired) electrons. The number of nitrogens with zero attached hydrogens (tertiary/aromatic N) is 1. The van der Waals surface area contributed by atoms with Gasteiger partial charge in [0, 0.05) is 12.1 Å². The quantitative estimate of drug-likeness (QED) is 0.570. The Morgan fingerprint density at radius 3 is 2.09 bits per heavy atom. The summed E-state index contributed by atoms with van der Waals surface area (Å²) in [5.74, 6) is -1.71. The average molecular weight is 494 g/mol. The van der Waals surface area contributed by atoms with E-state index in [1.807, 2.05) is 0 Å². The third-order valence-electron chi connectivity index (χ3n) is 6.00. The minimum Gasteiger partial charge on any atom is -0.310 e. The number of sulfone groups is 1. The molecule has 12 heteroatoms. The summed E-state index contributed by atoms with van der Waals surface area (Å²) >= 11 is 0. The van der Waals surface area contributed by atoms with Gasteiger partial charge in [0.1, 0.15) is 5.82 Å². The largest absolute Gasteiger partial charge is 0.417 e. The molecule has 1 heterocycles. The number of hydrogen-bond acceptors (Lipinski definition) is 4. The van der Waals surface area contributed by atoms with E-state index in [1.165, 1.54) is 13.8 Å². The number of carbonyl (C=O) groups excluding carboxylic acids is 1. The number of halogens is 6. The number of amides is 1. The van der Waals surface area contributed by atoms with E-state index >= 15 is 0 Å². The topological polar surface area (TPSA) is 76.1 Å². The summed E-state index contributed by atoms with van der Waals surface area (Å²) in [4.78, 5) is 15.5. The lowest BCUT2D eigenvalue weighted by Gasteiger charge is -2.44. The Morgan fingerprint density at radius 1 is 0.970 bits per heavy atom. The number of rotatable bonds is 5. The van der Waals surface area contributed by atoms with Crippen LogP contribution in [0.5, 0.6) is 0 Å². The smallest absolute Gasteiger partial charge is 0.310 e. The third-order valence-corrected chi connectivity index (χ3v) is 8.59. The van der Waals surface area contributed by atoms with E-state index in [0.717, 1.165) is 30.3 Å². The Labute approximate surface area is 186 Å². The first-order valence-electron chi connectivity index (χ1n) is 9.79. The predicted octanol–water partition coefficient (Wildman–Crippen LogP) is 5.34. The van der Waals surface area contributed by atoms with Gasteiger partial charge in [0.15, 0.2) is 9.84 Å². The highest BCUT2D eigenvalue weighted by Gasteiger charge is 2.50. The summed E-state index contributed by atoms with van der Waals surface area (Å²) in [6.45, 7) is 2.80. The van der Waals surface area contributed by atoms with E-state index < -0.39 is 60.7 Å². The number of carbonyl (C=O) groups is 1. The Hall–Kier alpha value is -2.63. The second-order valence-electron chi connectivity index (χ2n) is 8.42. The van der Waals surface area contributed by atoms with E-state index in [-0.39, 0.29) is 18.7 Å². The lowest BCUT2D eigenvalue weighted by molar-refractivity contribution is -0.138. The van der Waals surface area contributed by atoms with Gasteiger partial charge in [-0.25, -0.2) is 13.4 Å². The van der Waals surface area contributed by atoms with Gasteiger partial charge in [0.2, 0.25) is 5.91 Å². The van der Waals surface area contributed by atoms with Crippen LogP contribution in [0.1, 0.15) is 37.8 Å². The minimum absolute atomic E-state index is 0.0766. The maximum Gasteiger partial charge on any atom is 0.417 e. The van der Waals surface area contributed by atoms with Gasteiger partial charge in [-0.05, 0) is 62.9 Å². The van der Waals surface area contributed by atoms with Crippen LogP contribution >= 0.6 is 0 Å². The molecule has 1 saturated carbocycles. The normalized spacial score (nSPS) is 19.6. The number of nitrogens with one attached hydrogen (secondary N) is 1. The molecule has 1 fully saturated rings. The lowest BCUT2D eigenvalue weighted by atomic mass is 9.68. The zero-order chi connectivity index (χ0) is 24.8. The third kappa shape index (κ3) is 4.99. The van der Waals surface area contributed by atoms with Crippen LogP contribution in [0.2, 0.25) is 0 Å². The fraction of sp³-hybridized carbons (Fsp3) is 0.429. The molecular weight excluding hydrogens is 474 g/mol. The van der Waals surface area contributed by atoms with Crippen LogP contribution in [0, 0.1) is 11.8 Å². The molecule has 5 nitrogen and oxygen atoms in total. The molecule has 1 aromatic carbocycles.